The molecular formula is C18H13FN2OS. The Bertz CT molecular complexity index is 1170. The van der Waals surface area contributed by atoms with E-state index in [4.69, 9.17) is 0 Å². The molecule has 0 saturated heterocycles. The molecule has 0 aliphatic rings. The fourth-order valence-corrected chi connectivity index (χ4v) is 3.69. The Morgan fingerprint density at radius 2 is 2.04 bits per heavy atom. The molecule has 4 aromatic rings. The van der Waals surface area contributed by atoms with Gasteiger partial charge in [0.25, 0.3) is 5.56 Å². The van der Waals surface area contributed by atoms with Gasteiger partial charge in [0.15, 0.2) is 4.96 Å². The van der Waals surface area contributed by atoms with Crippen molar-refractivity contribution in [1.82, 2.24) is 9.38 Å². The molecule has 0 fully saturated rings. The van der Waals surface area contributed by atoms with Crippen molar-refractivity contribution < 1.29 is 4.39 Å². The number of rotatable bonds is 1. The van der Waals surface area contributed by atoms with Crippen LogP contribution in [0.25, 0.3) is 22.1 Å². The molecule has 114 valence electrons. The number of benzene rings is 2. The van der Waals surface area contributed by atoms with Gasteiger partial charge in [-0.25, -0.2) is 13.8 Å². The van der Waals surface area contributed by atoms with E-state index in [2.05, 4.69) is 4.98 Å². The molecule has 2 aromatic carbocycles. The normalized spacial score (nSPS) is 12.6. The molecule has 23 heavy (non-hydrogen) atoms. The lowest BCUT2D eigenvalue weighted by Gasteiger charge is -1.99. The monoisotopic (exact) mass is 324 g/mol. The van der Waals surface area contributed by atoms with Gasteiger partial charge in [-0.05, 0) is 54.8 Å². The Labute approximate surface area is 135 Å². The van der Waals surface area contributed by atoms with Crippen LogP contribution in [-0.4, -0.2) is 9.38 Å². The first-order valence-electron chi connectivity index (χ1n) is 7.23. The van der Waals surface area contributed by atoms with Gasteiger partial charge in [-0.3, -0.25) is 4.79 Å². The maximum atomic E-state index is 13.3. The fraction of sp³-hybridized carbons (Fsp3) is 0.111. The van der Waals surface area contributed by atoms with E-state index in [9.17, 15) is 9.18 Å². The van der Waals surface area contributed by atoms with Crippen LogP contribution >= 0.6 is 11.3 Å². The molecule has 0 spiro atoms. The molecule has 0 aliphatic carbocycles. The molecular weight excluding hydrogens is 311 g/mol. The Balaban J connectivity index is 2.03. The van der Waals surface area contributed by atoms with Gasteiger partial charge in [0, 0.05) is 0 Å². The van der Waals surface area contributed by atoms with E-state index >= 15 is 0 Å². The van der Waals surface area contributed by atoms with Crippen LogP contribution in [0.5, 0.6) is 0 Å². The van der Waals surface area contributed by atoms with E-state index in [0.29, 0.717) is 15.1 Å². The van der Waals surface area contributed by atoms with Crippen molar-refractivity contribution in [3.05, 3.63) is 73.8 Å². The minimum Gasteiger partial charge on any atom is -0.267 e. The van der Waals surface area contributed by atoms with Crippen LogP contribution in [0.3, 0.4) is 0 Å². The average molecular weight is 324 g/mol. The number of aryl methyl sites for hydroxylation is 2. The third kappa shape index (κ3) is 2.16. The smallest absolute Gasteiger partial charge is 0.267 e. The number of hydrogen-bond acceptors (Lipinski definition) is 3. The van der Waals surface area contributed by atoms with Crippen molar-refractivity contribution in [2.45, 2.75) is 13.8 Å². The molecule has 0 bridgehead atoms. The van der Waals surface area contributed by atoms with Crippen molar-refractivity contribution in [2.24, 2.45) is 0 Å². The second-order valence-corrected chi connectivity index (χ2v) is 6.58. The first-order chi connectivity index (χ1) is 11.0. The van der Waals surface area contributed by atoms with E-state index in [1.54, 1.807) is 22.6 Å². The van der Waals surface area contributed by atoms with Gasteiger partial charge in [-0.1, -0.05) is 29.5 Å². The van der Waals surface area contributed by atoms with Crippen LogP contribution in [0.15, 0.2) is 41.2 Å². The summed E-state index contributed by atoms with van der Waals surface area (Å²) in [7, 11) is 0. The van der Waals surface area contributed by atoms with Gasteiger partial charge in [-0.15, -0.1) is 0 Å². The Kier molecular flexibility index (Phi) is 3.06. The van der Waals surface area contributed by atoms with E-state index < -0.39 is 0 Å². The molecule has 5 heteroatoms. The number of imidazole rings is 1. The summed E-state index contributed by atoms with van der Waals surface area (Å²) in [5.74, 6) is -0.316. The lowest BCUT2D eigenvalue weighted by Crippen LogP contribution is -2.22. The van der Waals surface area contributed by atoms with Crippen molar-refractivity contribution in [3.8, 4) is 0 Å². The highest BCUT2D eigenvalue weighted by Crippen LogP contribution is 2.22. The Hall–Kier alpha value is -2.53. The van der Waals surface area contributed by atoms with Gasteiger partial charge < -0.3 is 0 Å². The van der Waals surface area contributed by atoms with E-state index in [1.807, 2.05) is 26.0 Å². The Morgan fingerprint density at radius 1 is 1.22 bits per heavy atom. The predicted molar refractivity (Wildman–Crippen MR) is 91.5 cm³/mol. The average Bonchev–Trinajstić information content (AvgIpc) is 3.02. The lowest BCUT2D eigenvalue weighted by molar-refractivity contribution is 0.627. The molecule has 0 N–H and O–H groups in total. The standard InChI is InChI=1S/C18H13FN2OS/c1-10-6-7-14-16(11(10)2)20-18-21(14)17(22)15(23-18)9-12-4-3-5-13(19)8-12/h3-9H,1-2H3. The van der Waals surface area contributed by atoms with Crippen molar-refractivity contribution in [1.29, 1.82) is 0 Å². The van der Waals surface area contributed by atoms with Crippen LogP contribution in [0.1, 0.15) is 16.7 Å². The van der Waals surface area contributed by atoms with Gasteiger partial charge in [0.05, 0.1) is 15.6 Å². The van der Waals surface area contributed by atoms with Crippen LogP contribution < -0.4 is 10.1 Å². The van der Waals surface area contributed by atoms with Crippen LogP contribution in [0.2, 0.25) is 0 Å². The minimum atomic E-state index is -0.316. The number of aromatic nitrogens is 2. The maximum absolute atomic E-state index is 13.3. The highest BCUT2D eigenvalue weighted by molar-refractivity contribution is 7.15. The molecule has 2 aromatic heterocycles. The quantitative estimate of drug-likeness (QED) is 0.539. The predicted octanol–water partition coefficient (Wildman–Crippen LogP) is 3.21. The molecule has 0 saturated carbocycles. The number of fused-ring (bicyclic) bond motifs is 3. The summed E-state index contributed by atoms with van der Waals surface area (Å²) in [5, 5.41) is 0. The zero-order valence-corrected chi connectivity index (χ0v) is 13.4. The molecule has 0 aliphatic heterocycles. The van der Waals surface area contributed by atoms with E-state index in [1.165, 1.54) is 23.5 Å². The molecule has 0 amide bonds. The molecule has 0 atom stereocenters. The van der Waals surface area contributed by atoms with E-state index in [0.717, 1.165) is 22.2 Å². The second kappa shape index (κ2) is 4.99. The Morgan fingerprint density at radius 3 is 2.83 bits per heavy atom. The van der Waals surface area contributed by atoms with Gasteiger partial charge in [0.1, 0.15) is 5.82 Å². The molecule has 0 unspecified atom stereocenters. The van der Waals surface area contributed by atoms with Crippen LogP contribution in [0, 0.1) is 19.7 Å². The second-order valence-electron chi connectivity index (χ2n) is 5.58. The maximum Gasteiger partial charge on any atom is 0.274 e. The topological polar surface area (TPSA) is 34.4 Å². The highest BCUT2D eigenvalue weighted by Gasteiger charge is 2.13. The van der Waals surface area contributed by atoms with Crippen molar-refractivity contribution >= 4 is 33.4 Å². The number of nitrogens with zero attached hydrogens (tertiary/aromatic N) is 2. The van der Waals surface area contributed by atoms with Crippen LogP contribution in [0.4, 0.5) is 4.39 Å². The molecule has 0 radical (unpaired) electrons. The number of halogens is 1. The zero-order chi connectivity index (χ0) is 16.1. The zero-order valence-electron chi connectivity index (χ0n) is 12.6. The van der Waals surface area contributed by atoms with Crippen molar-refractivity contribution in [2.75, 3.05) is 0 Å². The number of thiazole rings is 1. The molecule has 2 heterocycles. The van der Waals surface area contributed by atoms with Gasteiger partial charge in [0.2, 0.25) is 0 Å². The minimum absolute atomic E-state index is 0.111. The molecule has 3 nitrogen and oxygen atoms in total. The van der Waals surface area contributed by atoms with Gasteiger partial charge >= 0.3 is 0 Å². The van der Waals surface area contributed by atoms with Gasteiger partial charge in [-0.2, -0.15) is 0 Å². The fourth-order valence-electron chi connectivity index (χ4n) is 2.71. The number of hydrogen-bond donors (Lipinski definition) is 0. The summed E-state index contributed by atoms with van der Waals surface area (Å²) in [6.45, 7) is 4.04. The highest BCUT2D eigenvalue weighted by atomic mass is 32.1. The first-order valence-corrected chi connectivity index (χ1v) is 8.05. The third-order valence-corrected chi connectivity index (χ3v) is 5.05. The van der Waals surface area contributed by atoms with E-state index in [-0.39, 0.29) is 11.4 Å². The summed E-state index contributed by atoms with van der Waals surface area (Å²) in [5.41, 5.74) is 4.49. The SMILES string of the molecule is Cc1ccc2c(nc3sc(=Cc4cccc(F)c4)c(=O)n32)c1C. The first kappa shape index (κ1) is 14.1. The summed E-state index contributed by atoms with van der Waals surface area (Å²) >= 11 is 1.33. The summed E-state index contributed by atoms with van der Waals surface area (Å²) in [6, 6.07) is 10.1. The van der Waals surface area contributed by atoms with Crippen LogP contribution in [-0.2, 0) is 0 Å². The summed E-state index contributed by atoms with van der Waals surface area (Å²) in [6.07, 6.45) is 1.71. The lowest BCUT2D eigenvalue weighted by atomic mass is 10.1. The summed E-state index contributed by atoms with van der Waals surface area (Å²) in [4.78, 5) is 18.0. The molecule has 4 rings (SSSR count). The largest absolute Gasteiger partial charge is 0.274 e. The third-order valence-electron chi connectivity index (χ3n) is 4.08. The summed E-state index contributed by atoms with van der Waals surface area (Å²) < 4.78 is 15.5. The van der Waals surface area contributed by atoms with Crippen molar-refractivity contribution in [3.63, 3.8) is 0 Å².